The Balaban J connectivity index is 2.01. The van der Waals surface area contributed by atoms with E-state index in [4.69, 9.17) is 16.3 Å². The minimum absolute atomic E-state index is 0.0163. The summed E-state index contributed by atoms with van der Waals surface area (Å²) in [7, 11) is -4.14. The number of rotatable bonds is 13. The van der Waals surface area contributed by atoms with Crippen molar-refractivity contribution in [1.29, 1.82) is 0 Å². The van der Waals surface area contributed by atoms with Crippen LogP contribution in [0.4, 0.5) is 5.69 Å². The third-order valence-corrected chi connectivity index (χ3v) is 8.09. The Morgan fingerprint density at radius 1 is 0.923 bits per heavy atom. The van der Waals surface area contributed by atoms with E-state index in [1.54, 1.807) is 73.7 Å². The molecule has 0 spiro atoms. The first-order valence-corrected chi connectivity index (χ1v) is 14.6. The zero-order valence-corrected chi connectivity index (χ0v) is 23.9. The van der Waals surface area contributed by atoms with Gasteiger partial charge in [-0.05, 0) is 74.4 Å². The Labute approximate surface area is 235 Å². The fourth-order valence-electron chi connectivity index (χ4n) is 4.12. The predicted octanol–water partition coefficient (Wildman–Crippen LogP) is 4.88. The molecule has 0 aliphatic heterocycles. The molecule has 3 aromatic carbocycles. The number of likely N-dealkylation sites (N-methyl/N-ethyl adjacent to an activating group) is 1. The quantitative estimate of drug-likeness (QED) is 0.315. The number of benzene rings is 3. The van der Waals surface area contributed by atoms with E-state index < -0.39 is 28.5 Å². The molecule has 0 heterocycles. The molecule has 3 aromatic rings. The van der Waals surface area contributed by atoms with Crippen molar-refractivity contribution in [3.63, 3.8) is 0 Å². The number of hydrogen-bond donors (Lipinski definition) is 1. The van der Waals surface area contributed by atoms with Crippen molar-refractivity contribution in [2.24, 2.45) is 0 Å². The van der Waals surface area contributed by atoms with Crippen LogP contribution >= 0.6 is 11.6 Å². The lowest BCUT2D eigenvalue weighted by molar-refractivity contribution is -0.140. The van der Waals surface area contributed by atoms with Gasteiger partial charge in [-0.25, -0.2) is 8.42 Å². The summed E-state index contributed by atoms with van der Waals surface area (Å²) in [6.45, 7) is 5.92. The van der Waals surface area contributed by atoms with Crippen molar-refractivity contribution in [2.75, 3.05) is 24.0 Å². The van der Waals surface area contributed by atoms with Gasteiger partial charge < -0.3 is 15.0 Å². The number of carbonyl (C=O) groups is 2. The van der Waals surface area contributed by atoms with Crippen molar-refractivity contribution >= 4 is 39.1 Å². The van der Waals surface area contributed by atoms with E-state index in [2.05, 4.69) is 5.32 Å². The molecule has 208 valence electrons. The van der Waals surface area contributed by atoms with Gasteiger partial charge in [0, 0.05) is 18.1 Å². The molecular formula is C29H34ClN3O5S. The zero-order valence-electron chi connectivity index (χ0n) is 22.3. The minimum Gasteiger partial charge on any atom is -0.494 e. The molecule has 1 unspecified atom stereocenters. The average molecular weight is 572 g/mol. The average Bonchev–Trinajstić information content (AvgIpc) is 2.93. The molecular weight excluding hydrogens is 538 g/mol. The van der Waals surface area contributed by atoms with Gasteiger partial charge in [-0.1, -0.05) is 48.9 Å². The highest BCUT2D eigenvalue weighted by molar-refractivity contribution is 7.92. The van der Waals surface area contributed by atoms with E-state index in [9.17, 15) is 18.0 Å². The van der Waals surface area contributed by atoms with Gasteiger partial charge in [0.2, 0.25) is 11.8 Å². The van der Waals surface area contributed by atoms with Gasteiger partial charge in [-0.15, -0.1) is 0 Å². The van der Waals surface area contributed by atoms with Gasteiger partial charge >= 0.3 is 0 Å². The fourth-order valence-corrected chi connectivity index (χ4v) is 5.66. The van der Waals surface area contributed by atoms with Crippen molar-refractivity contribution in [3.05, 3.63) is 89.4 Å². The number of hydrogen-bond acceptors (Lipinski definition) is 5. The van der Waals surface area contributed by atoms with Crippen LogP contribution in [-0.4, -0.2) is 50.9 Å². The Hall–Kier alpha value is -3.56. The monoisotopic (exact) mass is 571 g/mol. The van der Waals surface area contributed by atoms with Crippen molar-refractivity contribution in [1.82, 2.24) is 10.2 Å². The molecule has 0 saturated carbocycles. The molecule has 0 aliphatic carbocycles. The first-order valence-electron chi connectivity index (χ1n) is 12.8. The van der Waals surface area contributed by atoms with E-state index in [0.29, 0.717) is 36.0 Å². The largest absolute Gasteiger partial charge is 0.494 e. The Bertz CT molecular complexity index is 1330. The van der Waals surface area contributed by atoms with Gasteiger partial charge in [-0.3, -0.25) is 13.9 Å². The van der Waals surface area contributed by atoms with Crippen LogP contribution in [0.5, 0.6) is 5.75 Å². The van der Waals surface area contributed by atoms with E-state index >= 15 is 0 Å². The number of para-hydroxylation sites is 1. The van der Waals surface area contributed by atoms with Gasteiger partial charge in [0.1, 0.15) is 18.3 Å². The van der Waals surface area contributed by atoms with Crippen LogP contribution in [0.2, 0.25) is 5.02 Å². The Kier molecular flexibility index (Phi) is 10.8. The lowest BCUT2D eigenvalue weighted by atomic mass is 10.1. The summed E-state index contributed by atoms with van der Waals surface area (Å²) in [5, 5.41) is 3.33. The lowest BCUT2D eigenvalue weighted by Crippen LogP contribution is -2.52. The Morgan fingerprint density at radius 2 is 1.56 bits per heavy atom. The number of ether oxygens (including phenoxy) is 1. The first kappa shape index (κ1) is 30.0. The van der Waals surface area contributed by atoms with Crippen molar-refractivity contribution < 1.29 is 22.7 Å². The summed E-state index contributed by atoms with van der Waals surface area (Å²) < 4.78 is 34.2. The molecule has 3 rings (SSSR count). The molecule has 10 heteroatoms. The van der Waals surface area contributed by atoms with Crippen LogP contribution in [0.15, 0.2) is 83.8 Å². The molecule has 1 N–H and O–H groups in total. The Morgan fingerprint density at radius 3 is 2.13 bits per heavy atom. The maximum Gasteiger partial charge on any atom is 0.264 e. The van der Waals surface area contributed by atoms with E-state index in [0.717, 1.165) is 9.87 Å². The van der Waals surface area contributed by atoms with E-state index in [1.165, 1.54) is 17.0 Å². The standard InChI is InChI=1S/C29H34ClN3O5S/c1-4-27(29(35)31-5-2)32(20-22-12-14-23(30)15-13-22)28(34)21-33(24-10-8-7-9-11-24)39(36,37)26-18-16-25(17-19-26)38-6-3/h7-19,27H,4-6,20-21H2,1-3H3,(H,31,35). The molecule has 8 nitrogen and oxygen atoms in total. The second-order valence-electron chi connectivity index (χ2n) is 8.72. The number of amides is 2. The number of carbonyl (C=O) groups excluding carboxylic acids is 2. The van der Waals surface area contributed by atoms with Crippen LogP contribution in [0.1, 0.15) is 32.8 Å². The van der Waals surface area contributed by atoms with Gasteiger partial charge in [0.05, 0.1) is 17.2 Å². The van der Waals surface area contributed by atoms with Crippen LogP contribution in [0, 0.1) is 0 Å². The number of nitrogens with one attached hydrogen (secondary N) is 1. The predicted molar refractivity (Wildman–Crippen MR) is 153 cm³/mol. The molecule has 0 aromatic heterocycles. The van der Waals surface area contributed by atoms with Crippen LogP contribution in [0.3, 0.4) is 0 Å². The van der Waals surface area contributed by atoms with E-state index in [-0.39, 0.29) is 17.3 Å². The van der Waals surface area contributed by atoms with Crippen LogP contribution in [0.25, 0.3) is 0 Å². The van der Waals surface area contributed by atoms with Gasteiger partial charge in [0.25, 0.3) is 10.0 Å². The molecule has 0 fully saturated rings. The highest BCUT2D eigenvalue weighted by Gasteiger charge is 2.33. The number of nitrogens with zero attached hydrogens (tertiary/aromatic N) is 2. The summed E-state index contributed by atoms with van der Waals surface area (Å²) in [5.41, 5.74) is 1.09. The second kappa shape index (κ2) is 14.0. The molecule has 0 radical (unpaired) electrons. The maximum absolute atomic E-state index is 13.9. The topological polar surface area (TPSA) is 96.0 Å². The normalized spacial score (nSPS) is 11.9. The molecule has 0 bridgehead atoms. The van der Waals surface area contributed by atoms with Crippen molar-refractivity contribution in [2.45, 2.75) is 44.7 Å². The number of sulfonamides is 1. The number of anilines is 1. The third-order valence-electron chi connectivity index (χ3n) is 6.05. The van der Waals surface area contributed by atoms with E-state index in [1.807, 2.05) is 13.8 Å². The first-order chi connectivity index (χ1) is 18.7. The fraction of sp³-hybridized carbons (Fsp3) is 0.310. The molecule has 2 amide bonds. The second-order valence-corrected chi connectivity index (χ2v) is 11.0. The lowest BCUT2D eigenvalue weighted by Gasteiger charge is -2.33. The van der Waals surface area contributed by atoms with Crippen LogP contribution < -0.4 is 14.4 Å². The third kappa shape index (κ3) is 7.74. The summed E-state index contributed by atoms with van der Waals surface area (Å²) in [4.78, 5) is 28.3. The zero-order chi connectivity index (χ0) is 28.4. The molecule has 1 atom stereocenters. The number of halogens is 1. The minimum atomic E-state index is -4.14. The summed E-state index contributed by atoms with van der Waals surface area (Å²) in [6.07, 6.45) is 0.349. The SMILES string of the molecule is CCNC(=O)C(CC)N(Cc1ccc(Cl)cc1)C(=O)CN(c1ccccc1)S(=O)(=O)c1ccc(OCC)cc1. The highest BCUT2D eigenvalue weighted by atomic mass is 35.5. The van der Waals surface area contributed by atoms with Crippen LogP contribution in [-0.2, 0) is 26.2 Å². The summed E-state index contributed by atoms with van der Waals surface area (Å²) in [6, 6.07) is 20.7. The van der Waals surface area contributed by atoms with Gasteiger partial charge in [-0.2, -0.15) is 0 Å². The molecule has 0 aliphatic rings. The maximum atomic E-state index is 13.9. The smallest absolute Gasteiger partial charge is 0.264 e. The summed E-state index contributed by atoms with van der Waals surface area (Å²) >= 11 is 6.04. The van der Waals surface area contributed by atoms with Gasteiger partial charge in [0.15, 0.2) is 0 Å². The summed E-state index contributed by atoms with van der Waals surface area (Å²) in [5.74, 6) is -0.273. The molecule has 39 heavy (non-hydrogen) atoms. The highest BCUT2D eigenvalue weighted by Crippen LogP contribution is 2.26. The molecule has 0 saturated heterocycles. The van der Waals surface area contributed by atoms with Crippen molar-refractivity contribution in [3.8, 4) is 5.75 Å².